The van der Waals surface area contributed by atoms with Crippen LogP contribution in [0, 0.1) is 0 Å². The van der Waals surface area contributed by atoms with Crippen molar-refractivity contribution in [2.24, 2.45) is 0 Å². The molecule has 0 saturated carbocycles. The highest BCUT2D eigenvalue weighted by atomic mass is 35.5. The first-order chi connectivity index (χ1) is 20.2. The third-order valence-corrected chi connectivity index (χ3v) is 7.78. The number of imidazole rings is 1. The van der Waals surface area contributed by atoms with E-state index >= 15 is 0 Å². The van der Waals surface area contributed by atoms with Crippen molar-refractivity contribution >= 4 is 44.6 Å². The number of hydrogen-bond donors (Lipinski definition) is 3. The lowest BCUT2D eigenvalue weighted by atomic mass is 10.0. The van der Waals surface area contributed by atoms with Gasteiger partial charge in [0.15, 0.2) is 0 Å². The van der Waals surface area contributed by atoms with Crippen molar-refractivity contribution in [1.29, 1.82) is 0 Å². The summed E-state index contributed by atoms with van der Waals surface area (Å²) >= 11 is 12.7. The number of sulfonamides is 1. The summed E-state index contributed by atoms with van der Waals surface area (Å²) in [5.41, 5.74) is 7.11. The average Bonchev–Trinajstić information content (AvgIpc) is 3.33. The van der Waals surface area contributed by atoms with Gasteiger partial charge in [-0.25, -0.2) is 13.4 Å². The van der Waals surface area contributed by atoms with Gasteiger partial charge in [0.1, 0.15) is 5.82 Å². The zero-order valence-electron chi connectivity index (χ0n) is 22.9. The Labute approximate surface area is 255 Å². The fourth-order valence-corrected chi connectivity index (χ4v) is 5.72. The van der Waals surface area contributed by atoms with E-state index in [-0.39, 0.29) is 6.61 Å². The minimum atomic E-state index is -3.36. The van der Waals surface area contributed by atoms with Crippen LogP contribution < -0.4 is 10.0 Å². The quantitative estimate of drug-likeness (QED) is 0.149. The molecule has 0 fully saturated rings. The fourth-order valence-electron chi connectivity index (χ4n) is 4.66. The zero-order valence-corrected chi connectivity index (χ0v) is 25.2. The summed E-state index contributed by atoms with van der Waals surface area (Å²) in [7, 11) is -3.36. The molecule has 0 atom stereocenters. The molecule has 1 aromatic heterocycles. The van der Waals surface area contributed by atoms with Crippen LogP contribution in [0.1, 0.15) is 17.0 Å². The van der Waals surface area contributed by atoms with Crippen molar-refractivity contribution in [1.82, 2.24) is 9.55 Å². The Kier molecular flexibility index (Phi) is 9.18. The predicted octanol–water partition coefficient (Wildman–Crippen LogP) is 6.94. The topological polar surface area (TPSA) is 96.2 Å². The summed E-state index contributed by atoms with van der Waals surface area (Å²) in [6.45, 7) is 1.19. The molecule has 7 nitrogen and oxygen atoms in total. The Morgan fingerprint density at radius 2 is 1.60 bits per heavy atom. The van der Waals surface area contributed by atoms with E-state index in [1.54, 1.807) is 18.2 Å². The molecular weight excluding hydrogens is 591 g/mol. The number of aliphatic hydroxyl groups is 1. The second-order valence-corrected chi connectivity index (χ2v) is 12.6. The van der Waals surface area contributed by atoms with Gasteiger partial charge >= 0.3 is 0 Å². The number of rotatable bonds is 11. The Hall–Kier alpha value is -3.82. The highest BCUT2D eigenvalue weighted by Gasteiger charge is 2.14. The van der Waals surface area contributed by atoms with Crippen LogP contribution in [0.25, 0.3) is 22.4 Å². The number of benzene rings is 4. The van der Waals surface area contributed by atoms with Crippen LogP contribution in [0.5, 0.6) is 0 Å². The van der Waals surface area contributed by atoms with Gasteiger partial charge < -0.3 is 15.0 Å². The molecule has 5 rings (SSSR count). The second-order valence-electron chi connectivity index (χ2n) is 9.97. The number of nitrogens with zero attached hydrogens (tertiary/aromatic N) is 2. The molecule has 42 heavy (non-hydrogen) atoms. The van der Waals surface area contributed by atoms with E-state index in [1.807, 2.05) is 54.7 Å². The van der Waals surface area contributed by atoms with Gasteiger partial charge in [-0.15, -0.1) is 0 Å². The molecule has 3 N–H and O–H groups in total. The summed E-state index contributed by atoms with van der Waals surface area (Å²) in [6, 6.07) is 29.0. The lowest BCUT2D eigenvalue weighted by Crippen LogP contribution is -2.09. The highest BCUT2D eigenvalue weighted by Crippen LogP contribution is 2.31. The Morgan fingerprint density at radius 3 is 2.29 bits per heavy atom. The van der Waals surface area contributed by atoms with Crippen LogP contribution in [0.3, 0.4) is 0 Å². The van der Waals surface area contributed by atoms with Crippen molar-refractivity contribution < 1.29 is 13.5 Å². The van der Waals surface area contributed by atoms with E-state index in [2.05, 4.69) is 38.9 Å². The average molecular weight is 622 g/mol. The molecule has 0 bridgehead atoms. The van der Waals surface area contributed by atoms with Gasteiger partial charge in [0.25, 0.3) is 0 Å². The highest BCUT2D eigenvalue weighted by molar-refractivity contribution is 7.92. The van der Waals surface area contributed by atoms with Crippen molar-refractivity contribution in [2.75, 3.05) is 29.4 Å². The maximum atomic E-state index is 11.6. The van der Waals surface area contributed by atoms with Gasteiger partial charge in [0.2, 0.25) is 10.0 Å². The summed E-state index contributed by atoms with van der Waals surface area (Å²) in [5.74, 6) is 0.880. The van der Waals surface area contributed by atoms with Crippen molar-refractivity contribution in [2.45, 2.75) is 13.0 Å². The summed E-state index contributed by atoms with van der Waals surface area (Å²) in [5, 5.41) is 13.3. The van der Waals surface area contributed by atoms with Crippen LogP contribution in [0.15, 0.2) is 97.2 Å². The Balaban J connectivity index is 1.41. The third-order valence-electron chi connectivity index (χ3n) is 6.63. The minimum absolute atomic E-state index is 0.0734. The number of anilines is 2. The molecule has 10 heteroatoms. The maximum Gasteiger partial charge on any atom is 0.229 e. The Morgan fingerprint density at radius 1 is 0.857 bits per heavy atom. The molecule has 1 heterocycles. The van der Waals surface area contributed by atoms with E-state index in [9.17, 15) is 8.42 Å². The van der Waals surface area contributed by atoms with E-state index in [0.29, 0.717) is 35.2 Å². The molecule has 216 valence electrons. The van der Waals surface area contributed by atoms with Gasteiger partial charge in [0.05, 0.1) is 23.6 Å². The largest absolute Gasteiger partial charge is 0.395 e. The SMILES string of the molecule is CS(=O)(=O)Nc1cccc(-c2ccc(Cc3nc(-c4ccc(Cl)cc4Cl)cn3Cc3ccc(NCCO)cc3)cc2)c1. The smallest absolute Gasteiger partial charge is 0.229 e. The van der Waals surface area contributed by atoms with E-state index in [1.165, 1.54) is 0 Å². The van der Waals surface area contributed by atoms with E-state index in [4.69, 9.17) is 33.3 Å². The molecule has 5 aromatic rings. The van der Waals surface area contributed by atoms with Crippen LogP contribution in [0.2, 0.25) is 10.0 Å². The normalized spacial score (nSPS) is 11.4. The van der Waals surface area contributed by atoms with Gasteiger partial charge in [-0.05, 0) is 64.7 Å². The molecule has 0 radical (unpaired) electrons. The maximum absolute atomic E-state index is 11.6. The number of hydrogen-bond acceptors (Lipinski definition) is 5. The van der Waals surface area contributed by atoms with Crippen molar-refractivity contribution in [3.8, 4) is 22.4 Å². The van der Waals surface area contributed by atoms with Crippen LogP contribution in [0.4, 0.5) is 11.4 Å². The third kappa shape index (κ3) is 7.72. The molecule has 0 aliphatic rings. The summed E-state index contributed by atoms with van der Waals surface area (Å²) in [6.07, 6.45) is 3.74. The van der Waals surface area contributed by atoms with Gasteiger partial charge in [-0.1, -0.05) is 71.7 Å². The first-order valence-corrected chi connectivity index (χ1v) is 15.9. The second kappa shape index (κ2) is 13.0. The molecule has 0 aliphatic heterocycles. The molecule has 4 aromatic carbocycles. The van der Waals surface area contributed by atoms with E-state index < -0.39 is 10.0 Å². The molecule has 0 unspecified atom stereocenters. The lowest BCUT2D eigenvalue weighted by molar-refractivity contribution is 0.311. The number of aliphatic hydroxyl groups excluding tert-OH is 1. The molecule has 0 saturated heterocycles. The van der Waals surface area contributed by atoms with Gasteiger partial charge in [-0.3, -0.25) is 4.72 Å². The fraction of sp³-hybridized carbons (Fsp3) is 0.156. The summed E-state index contributed by atoms with van der Waals surface area (Å²) in [4.78, 5) is 4.98. The minimum Gasteiger partial charge on any atom is -0.395 e. The van der Waals surface area contributed by atoms with Crippen LogP contribution in [-0.2, 0) is 23.0 Å². The van der Waals surface area contributed by atoms with Crippen LogP contribution in [-0.4, -0.2) is 42.5 Å². The monoisotopic (exact) mass is 620 g/mol. The molecule has 0 amide bonds. The van der Waals surface area contributed by atoms with Crippen molar-refractivity contribution in [3.63, 3.8) is 0 Å². The van der Waals surface area contributed by atoms with Gasteiger partial charge in [-0.2, -0.15) is 0 Å². The number of aromatic nitrogens is 2. The zero-order chi connectivity index (χ0) is 29.7. The standard InChI is InChI=1S/C32H30Cl2N4O3S/c1-42(40,41)37-28-4-2-3-25(18-28)24-9-5-22(6-10-24)17-32-36-31(29-14-11-26(33)19-30(29)34)21-38(32)20-23-7-12-27(13-8-23)35-15-16-39/h2-14,18-19,21,35,37,39H,15-17,20H2,1H3. The number of halogens is 2. The molecule has 0 aliphatic carbocycles. The van der Waals surface area contributed by atoms with E-state index in [0.717, 1.165) is 51.3 Å². The molecule has 0 spiro atoms. The first-order valence-electron chi connectivity index (χ1n) is 13.3. The van der Waals surface area contributed by atoms with Gasteiger partial charge in [0, 0.05) is 47.7 Å². The lowest BCUT2D eigenvalue weighted by Gasteiger charge is -2.11. The summed E-state index contributed by atoms with van der Waals surface area (Å²) < 4.78 is 27.9. The first kappa shape index (κ1) is 29.7. The predicted molar refractivity (Wildman–Crippen MR) is 172 cm³/mol. The van der Waals surface area contributed by atoms with Crippen LogP contribution >= 0.6 is 23.2 Å². The molecular formula is C32H30Cl2N4O3S. The van der Waals surface area contributed by atoms with Crippen molar-refractivity contribution in [3.05, 3.63) is 124 Å². The number of nitrogens with one attached hydrogen (secondary N) is 2. The Bertz CT molecular complexity index is 1790.